The molecule has 1 atom stereocenters. The first kappa shape index (κ1) is 17.7. The Kier molecular flexibility index (Phi) is 5.40. The highest BCUT2D eigenvalue weighted by Crippen LogP contribution is 2.34. The standard InChI is InChI=1S/C16H15F3N2O3/c1-24-15-11(6-4-8-20-15)14(23)21-9-13(22)10-5-2-3-7-12(10)16(17,18)19/h2-8,13,22H,9H2,1H3,(H,21,23). The van der Waals surface area contributed by atoms with Crippen LogP contribution in [0.25, 0.3) is 0 Å². The molecule has 1 aromatic heterocycles. The highest BCUT2D eigenvalue weighted by molar-refractivity contribution is 5.96. The van der Waals surface area contributed by atoms with Crippen molar-refractivity contribution in [3.05, 3.63) is 59.3 Å². The fourth-order valence-corrected chi connectivity index (χ4v) is 2.17. The third-order valence-corrected chi connectivity index (χ3v) is 3.29. The number of aliphatic hydroxyl groups excluding tert-OH is 1. The molecule has 2 aromatic rings. The molecule has 0 saturated carbocycles. The van der Waals surface area contributed by atoms with Crippen LogP contribution >= 0.6 is 0 Å². The van der Waals surface area contributed by atoms with Gasteiger partial charge in [-0.25, -0.2) is 4.98 Å². The zero-order chi connectivity index (χ0) is 17.7. The van der Waals surface area contributed by atoms with Crippen molar-refractivity contribution in [1.82, 2.24) is 10.3 Å². The molecule has 24 heavy (non-hydrogen) atoms. The molecule has 1 heterocycles. The van der Waals surface area contributed by atoms with E-state index in [1.807, 2.05) is 0 Å². The van der Waals surface area contributed by atoms with Crippen molar-refractivity contribution in [2.75, 3.05) is 13.7 Å². The number of pyridine rings is 1. The molecule has 0 aliphatic rings. The number of ether oxygens (including phenoxy) is 1. The Labute approximate surface area is 136 Å². The largest absolute Gasteiger partial charge is 0.480 e. The molecule has 2 rings (SSSR count). The van der Waals surface area contributed by atoms with Crippen LogP contribution in [0.15, 0.2) is 42.6 Å². The van der Waals surface area contributed by atoms with Gasteiger partial charge in [0.05, 0.1) is 18.8 Å². The van der Waals surface area contributed by atoms with E-state index in [9.17, 15) is 23.1 Å². The first-order valence-corrected chi connectivity index (χ1v) is 6.96. The van der Waals surface area contributed by atoms with Gasteiger partial charge in [0, 0.05) is 12.7 Å². The van der Waals surface area contributed by atoms with Gasteiger partial charge < -0.3 is 15.2 Å². The monoisotopic (exact) mass is 340 g/mol. The van der Waals surface area contributed by atoms with Gasteiger partial charge >= 0.3 is 6.18 Å². The quantitative estimate of drug-likeness (QED) is 0.878. The minimum absolute atomic E-state index is 0.0835. The number of nitrogens with one attached hydrogen (secondary N) is 1. The van der Waals surface area contributed by atoms with Gasteiger partial charge in [-0.3, -0.25) is 4.79 Å². The van der Waals surface area contributed by atoms with E-state index in [4.69, 9.17) is 4.74 Å². The van der Waals surface area contributed by atoms with Crippen LogP contribution in [0.2, 0.25) is 0 Å². The number of methoxy groups -OCH3 is 1. The Morgan fingerprint density at radius 1 is 1.29 bits per heavy atom. The zero-order valence-electron chi connectivity index (χ0n) is 12.7. The lowest BCUT2D eigenvalue weighted by atomic mass is 10.0. The van der Waals surface area contributed by atoms with Crippen LogP contribution in [0.4, 0.5) is 13.2 Å². The van der Waals surface area contributed by atoms with Crippen molar-refractivity contribution in [3.8, 4) is 5.88 Å². The summed E-state index contributed by atoms with van der Waals surface area (Å²) in [5.74, 6) is -0.524. The first-order chi connectivity index (χ1) is 11.3. The van der Waals surface area contributed by atoms with Crippen LogP contribution in [-0.4, -0.2) is 29.7 Å². The van der Waals surface area contributed by atoms with E-state index in [1.54, 1.807) is 0 Å². The average Bonchev–Trinajstić information content (AvgIpc) is 2.58. The minimum atomic E-state index is -4.59. The second kappa shape index (κ2) is 7.31. The Morgan fingerprint density at radius 3 is 2.67 bits per heavy atom. The van der Waals surface area contributed by atoms with Gasteiger partial charge in [-0.2, -0.15) is 13.2 Å². The van der Waals surface area contributed by atoms with Gasteiger partial charge in [-0.05, 0) is 23.8 Å². The van der Waals surface area contributed by atoms with E-state index < -0.39 is 23.8 Å². The summed E-state index contributed by atoms with van der Waals surface area (Å²) >= 11 is 0. The minimum Gasteiger partial charge on any atom is -0.480 e. The van der Waals surface area contributed by atoms with Crippen LogP contribution in [0.1, 0.15) is 27.6 Å². The van der Waals surface area contributed by atoms with Crippen LogP contribution in [0.3, 0.4) is 0 Å². The number of nitrogens with zero attached hydrogens (tertiary/aromatic N) is 1. The summed E-state index contributed by atoms with van der Waals surface area (Å²) < 4.78 is 43.8. The van der Waals surface area contributed by atoms with E-state index in [1.165, 1.54) is 43.6 Å². The molecular weight excluding hydrogens is 325 g/mol. The number of benzene rings is 1. The van der Waals surface area contributed by atoms with Crippen LogP contribution in [0.5, 0.6) is 5.88 Å². The van der Waals surface area contributed by atoms with Crippen molar-refractivity contribution in [2.45, 2.75) is 12.3 Å². The van der Waals surface area contributed by atoms with Crippen molar-refractivity contribution in [2.24, 2.45) is 0 Å². The summed E-state index contributed by atoms with van der Waals surface area (Å²) in [7, 11) is 1.34. The van der Waals surface area contributed by atoms with Crippen LogP contribution < -0.4 is 10.1 Å². The maximum Gasteiger partial charge on any atom is 0.416 e. The number of aromatic nitrogens is 1. The van der Waals surface area contributed by atoms with Crippen LogP contribution in [-0.2, 0) is 6.18 Å². The molecule has 2 N–H and O–H groups in total. The zero-order valence-corrected chi connectivity index (χ0v) is 12.7. The predicted octanol–water partition coefficient (Wildman–Crippen LogP) is 2.57. The van der Waals surface area contributed by atoms with Gasteiger partial charge in [0.2, 0.25) is 5.88 Å². The number of aliphatic hydroxyl groups is 1. The highest BCUT2D eigenvalue weighted by Gasteiger charge is 2.34. The van der Waals surface area contributed by atoms with Crippen molar-refractivity contribution in [3.63, 3.8) is 0 Å². The fourth-order valence-electron chi connectivity index (χ4n) is 2.17. The summed E-state index contributed by atoms with van der Waals surface area (Å²) in [6, 6.07) is 7.65. The number of alkyl halides is 3. The van der Waals surface area contributed by atoms with Crippen molar-refractivity contribution in [1.29, 1.82) is 0 Å². The number of hydrogen-bond donors (Lipinski definition) is 2. The molecule has 0 fully saturated rings. The van der Waals surface area contributed by atoms with E-state index in [0.717, 1.165) is 6.07 Å². The Morgan fingerprint density at radius 2 is 2.00 bits per heavy atom. The molecule has 1 aromatic carbocycles. The summed E-state index contributed by atoms with van der Waals surface area (Å²) in [4.78, 5) is 15.9. The first-order valence-electron chi connectivity index (χ1n) is 6.96. The molecule has 0 aliphatic heterocycles. The van der Waals surface area contributed by atoms with E-state index in [-0.39, 0.29) is 23.6 Å². The van der Waals surface area contributed by atoms with E-state index >= 15 is 0 Å². The topological polar surface area (TPSA) is 71.5 Å². The number of rotatable bonds is 5. The molecule has 128 valence electrons. The summed E-state index contributed by atoms with van der Waals surface area (Å²) in [5.41, 5.74) is -1.12. The smallest absolute Gasteiger partial charge is 0.416 e. The molecule has 8 heteroatoms. The Balaban J connectivity index is 2.11. The number of hydrogen-bond acceptors (Lipinski definition) is 4. The number of amides is 1. The van der Waals surface area contributed by atoms with Gasteiger partial charge in [0.25, 0.3) is 5.91 Å². The second-order valence-corrected chi connectivity index (χ2v) is 4.87. The molecule has 0 saturated heterocycles. The van der Waals surface area contributed by atoms with Crippen molar-refractivity contribution < 1.29 is 27.8 Å². The van der Waals surface area contributed by atoms with Gasteiger partial charge in [0.1, 0.15) is 5.56 Å². The maximum atomic E-state index is 12.9. The second-order valence-electron chi connectivity index (χ2n) is 4.87. The molecular formula is C16H15F3N2O3. The van der Waals surface area contributed by atoms with Crippen LogP contribution in [0, 0.1) is 0 Å². The Hall–Kier alpha value is -2.61. The molecule has 1 amide bonds. The normalized spacial score (nSPS) is 12.5. The summed E-state index contributed by atoms with van der Waals surface area (Å²) in [5, 5.41) is 12.4. The predicted molar refractivity (Wildman–Crippen MR) is 79.5 cm³/mol. The molecule has 0 spiro atoms. The SMILES string of the molecule is COc1ncccc1C(=O)NCC(O)c1ccccc1C(F)(F)F. The molecule has 0 aliphatic carbocycles. The lowest BCUT2D eigenvalue weighted by Crippen LogP contribution is -2.29. The Bertz CT molecular complexity index is 720. The number of carbonyl (C=O) groups is 1. The van der Waals surface area contributed by atoms with Gasteiger partial charge in [-0.1, -0.05) is 18.2 Å². The van der Waals surface area contributed by atoms with Gasteiger partial charge in [0.15, 0.2) is 0 Å². The number of carbonyl (C=O) groups excluding carboxylic acids is 1. The third kappa shape index (κ3) is 4.02. The molecule has 5 nitrogen and oxygen atoms in total. The highest BCUT2D eigenvalue weighted by atomic mass is 19.4. The van der Waals surface area contributed by atoms with E-state index in [0.29, 0.717) is 0 Å². The van der Waals surface area contributed by atoms with E-state index in [2.05, 4.69) is 10.3 Å². The molecule has 0 bridgehead atoms. The number of halogens is 3. The molecule has 0 radical (unpaired) electrons. The lowest BCUT2D eigenvalue weighted by Gasteiger charge is -2.18. The van der Waals surface area contributed by atoms with Gasteiger partial charge in [-0.15, -0.1) is 0 Å². The average molecular weight is 340 g/mol. The molecule has 1 unspecified atom stereocenters. The maximum absolute atomic E-state index is 12.9. The lowest BCUT2D eigenvalue weighted by molar-refractivity contribution is -0.139. The third-order valence-electron chi connectivity index (χ3n) is 3.29. The fraction of sp³-hybridized carbons (Fsp3) is 0.250. The summed E-state index contributed by atoms with van der Waals surface area (Å²) in [6.45, 7) is -0.385. The summed E-state index contributed by atoms with van der Waals surface area (Å²) in [6.07, 6.45) is -4.66. The van der Waals surface area contributed by atoms with Crippen molar-refractivity contribution >= 4 is 5.91 Å².